The second-order valence-electron chi connectivity index (χ2n) is 3.47. The predicted molar refractivity (Wildman–Crippen MR) is 55.0 cm³/mol. The molecule has 74 valence electrons. The zero-order valence-electron chi connectivity index (χ0n) is 8.44. The van der Waals surface area contributed by atoms with Crippen molar-refractivity contribution in [2.75, 3.05) is 0 Å². The summed E-state index contributed by atoms with van der Waals surface area (Å²) in [5, 5.41) is 4.22. The number of fused-ring (bicyclic) bond motifs is 1. The lowest BCUT2D eigenvalue weighted by Gasteiger charge is -2.02. The molecule has 0 aliphatic carbocycles. The molecule has 0 spiro atoms. The number of rotatable bonds is 2. The van der Waals surface area contributed by atoms with Gasteiger partial charge in [-0.3, -0.25) is 0 Å². The Bertz CT molecular complexity index is 444. The van der Waals surface area contributed by atoms with Crippen LogP contribution in [-0.2, 0) is 6.42 Å². The van der Waals surface area contributed by atoms with Gasteiger partial charge in [0.05, 0.1) is 6.20 Å². The fourth-order valence-electron chi connectivity index (χ4n) is 1.44. The number of nitrogens with two attached hydrogens (primary N) is 1. The van der Waals surface area contributed by atoms with Crippen LogP contribution in [0.15, 0.2) is 18.6 Å². The van der Waals surface area contributed by atoms with Crippen LogP contribution in [0.5, 0.6) is 0 Å². The normalized spacial score (nSPS) is 13.4. The molecule has 2 heterocycles. The first kappa shape index (κ1) is 9.15. The molecule has 1 atom stereocenters. The van der Waals surface area contributed by atoms with E-state index in [1.165, 1.54) is 5.56 Å². The number of nitrogens with zero attached hydrogens (tertiary/aromatic N) is 3. The van der Waals surface area contributed by atoms with E-state index in [1.54, 1.807) is 10.7 Å². The highest BCUT2D eigenvalue weighted by atomic mass is 15.2. The first-order valence-corrected chi connectivity index (χ1v) is 4.80. The van der Waals surface area contributed by atoms with Crippen molar-refractivity contribution in [1.82, 2.24) is 14.6 Å². The maximum Gasteiger partial charge on any atom is 0.159 e. The molecule has 1 unspecified atom stereocenters. The highest BCUT2D eigenvalue weighted by Crippen LogP contribution is 2.14. The van der Waals surface area contributed by atoms with Gasteiger partial charge in [-0.15, -0.1) is 0 Å². The molecule has 0 aromatic carbocycles. The third-order valence-corrected chi connectivity index (χ3v) is 2.34. The third kappa shape index (κ3) is 1.37. The zero-order chi connectivity index (χ0) is 10.1. The lowest BCUT2D eigenvalue weighted by molar-refractivity contribution is 0.822. The fourth-order valence-corrected chi connectivity index (χ4v) is 1.44. The van der Waals surface area contributed by atoms with Crippen molar-refractivity contribution in [1.29, 1.82) is 0 Å². The van der Waals surface area contributed by atoms with Crippen LogP contribution >= 0.6 is 0 Å². The molecule has 0 fully saturated rings. The minimum atomic E-state index is -0.0209. The summed E-state index contributed by atoms with van der Waals surface area (Å²) in [7, 11) is 0. The van der Waals surface area contributed by atoms with E-state index < -0.39 is 0 Å². The second-order valence-corrected chi connectivity index (χ2v) is 3.47. The molecule has 14 heavy (non-hydrogen) atoms. The van der Waals surface area contributed by atoms with Crippen LogP contribution < -0.4 is 5.73 Å². The smallest absolute Gasteiger partial charge is 0.159 e. The topological polar surface area (TPSA) is 56.2 Å². The van der Waals surface area contributed by atoms with Crippen LogP contribution in [-0.4, -0.2) is 14.6 Å². The SMILES string of the molecule is CCc1cnc2c(C(C)N)cnn2c1. The Morgan fingerprint density at radius 1 is 1.50 bits per heavy atom. The Hall–Kier alpha value is -1.42. The van der Waals surface area contributed by atoms with Crippen LogP contribution in [0.1, 0.15) is 31.0 Å². The molecule has 0 aliphatic rings. The van der Waals surface area contributed by atoms with Crippen LogP contribution in [0.25, 0.3) is 5.65 Å². The number of aromatic nitrogens is 3. The van der Waals surface area contributed by atoms with Gasteiger partial charge in [-0.05, 0) is 18.9 Å². The summed E-state index contributed by atoms with van der Waals surface area (Å²) < 4.78 is 1.79. The summed E-state index contributed by atoms with van der Waals surface area (Å²) in [5.74, 6) is 0. The summed E-state index contributed by atoms with van der Waals surface area (Å²) in [6.07, 6.45) is 6.62. The molecule has 4 heteroatoms. The molecule has 0 aliphatic heterocycles. The lowest BCUT2D eigenvalue weighted by Crippen LogP contribution is -2.05. The minimum absolute atomic E-state index is 0.0209. The van der Waals surface area contributed by atoms with Gasteiger partial charge in [-0.2, -0.15) is 5.10 Å². The van der Waals surface area contributed by atoms with Crippen LogP contribution in [0.2, 0.25) is 0 Å². The maximum atomic E-state index is 5.80. The van der Waals surface area contributed by atoms with E-state index in [1.807, 2.05) is 19.3 Å². The van der Waals surface area contributed by atoms with Gasteiger partial charge in [0.1, 0.15) is 0 Å². The predicted octanol–water partition coefficient (Wildman–Crippen LogP) is 1.31. The summed E-state index contributed by atoms with van der Waals surface area (Å²) >= 11 is 0. The number of hydrogen-bond donors (Lipinski definition) is 1. The number of aryl methyl sites for hydroxylation is 1. The van der Waals surface area contributed by atoms with E-state index in [4.69, 9.17) is 5.73 Å². The molecule has 2 rings (SSSR count). The first-order chi connectivity index (χ1) is 6.72. The molecule has 4 nitrogen and oxygen atoms in total. The molecule has 2 aromatic rings. The molecule has 2 aromatic heterocycles. The monoisotopic (exact) mass is 190 g/mol. The van der Waals surface area contributed by atoms with Crippen molar-refractivity contribution in [3.05, 3.63) is 29.7 Å². The van der Waals surface area contributed by atoms with E-state index in [0.29, 0.717) is 0 Å². The molecular weight excluding hydrogens is 176 g/mol. The van der Waals surface area contributed by atoms with Gasteiger partial charge in [0, 0.05) is 24.0 Å². The average molecular weight is 190 g/mol. The largest absolute Gasteiger partial charge is 0.324 e. The van der Waals surface area contributed by atoms with Crippen molar-refractivity contribution in [3.63, 3.8) is 0 Å². The van der Waals surface area contributed by atoms with E-state index in [-0.39, 0.29) is 6.04 Å². The van der Waals surface area contributed by atoms with Crippen LogP contribution in [0, 0.1) is 0 Å². The summed E-state index contributed by atoms with van der Waals surface area (Å²) in [6, 6.07) is -0.0209. The second kappa shape index (κ2) is 3.38. The van der Waals surface area contributed by atoms with Gasteiger partial charge < -0.3 is 5.73 Å². The van der Waals surface area contributed by atoms with Crippen LogP contribution in [0.3, 0.4) is 0 Å². The lowest BCUT2D eigenvalue weighted by atomic mass is 10.2. The van der Waals surface area contributed by atoms with Crippen LogP contribution in [0.4, 0.5) is 0 Å². The highest BCUT2D eigenvalue weighted by molar-refractivity contribution is 5.47. The molecular formula is C10H14N4. The molecule has 0 bridgehead atoms. The van der Waals surface area contributed by atoms with Crippen molar-refractivity contribution >= 4 is 5.65 Å². The Balaban J connectivity index is 2.59. The van der Waals surface area contributed by atoms with Gasteiger partial charge in [0.2, 0.25) is 0 Å². The molecule has 2 N–H and O–H groups in total. The quantitative estimate of drug-likeness (QED) is 0.776. The number of hydrogen-bond acceptors (Lipinski definition) is 3. The summed E-state index contributed by atoms with van der Waals surface area (Å²) in [6.45, 7) is 4.03. The minimum Gasteiger partial charge on any atom is -0.324 e. The zero-order valence-corrected chi connectivity index (χ0v) is 8.44. The van der Waals surface area contributed by atoms with Gasteiger partial charge in [-0.1, -0.05) is 6.92 Å². The highest BCUT2D eigenvalue weighted by Gasteiger charge is 2.08. The summed E-state index contributed by atoms with van der Waals surface area (Å²) in [4.78, 5) is 4.35. The Morgan fingerprint density at radius 2 is 2.29 bits per heavy atom. The Morgan fingerprint density at radius 3 is 2.93 bits per heavy atom. The van der Waals surface area contributed by atoms with Crippen molar-refractivity contribution in [2.24, 2.45) is 5.73 Å². The first-order valence-electron chi connectivity index (χ1n) is 4.80. The van der Waals surface area contributed by atoms with Gasteiger partial charge in [0.15, 0.2) is 5.65 Å². The van der Waals surface area contributed by atoms with Crippen molar-refractivity contribution < 1.29 is 0 Å². The summed E-state index contributed by atoms with van der Waals surface area (Å²) in [5.41, 5.74) is 8.83. The van der Waals surface area contributed by atoms with E-state index in [9.17, 15) is 0 Å². The molecule has 0 saturated heterocycles. The van der Waals surface area contributed by atoms with Crippen molar-refractivity contribution in [3.8, 4) is 0 Å². The van der Waals surface area contributed by atoms with E-state index in [2.05, 4.69) is 17.0 Å². The van der Waals surface area contributed by atoms with E-state index in [0.717, 1.165) is 17.6 Å². The molecule has 0 saturated carbocycles. The van der Waals surface area contributed by atoms with E-state index >= 15 is 0 Å². The molecule has 0 amide bonds. The molecule has 0 radical (unpaired) electrons. The average Bonchev–Trinajstić information content (AvgIpc) is 2.59. The van der Waals surface area contributed by atoms with Gasteiger partial charge in [0.25, 0.3) is 0 Å². The van der Waals surface area contributed by atoms with Gasteiger partial charge in [-0.25, -0.2) is 9.50 Å². The third-order valence-electron chi connectivity index (χ3n) is 2.34. The standard InChI is InChI=1S/C10H14N4/c1-3-8-4-12-10-9(7(2)11)5-13-14(10)6-8/h4-7H,3,11H2,1-2H3. The Labute approximate surface area is 82.8 Å². The Kier molecular flexibility index (Phi) is 2.21. The van der Waals surface area contributed by atoms with Crippen molar-refractivity contribution in [2.45, 2.75) is 26.3 Å². The van der Waals surface area contributed by atoms with Gasteiger partial charge >= 0.3 is 0 Å². The maximum absolute atomic E-state index is 5.80. The fraction of sp³-hybridized carbons (Fsp3) is 0.400.